The van der Waals surface area contributed by atoms with Gasteiger partial charge >= 0.3 is 0 Å². The summed E-state index contributed by atoms with van der Waals surface area (Å²) in [5.41, 5.74) is 3.67. The van der Waals surface area contributed by atoms with Crippen molar-refractivity contribution in [1.82, 2.24) is 5.32 Å². The van der Waals surface area contributed by atoms with E-state index in [1.165, 1.54) is 11.1 Å². The number of halogens is 2. The molecule has 0 aromatic heterocycles. The Labute approximate surface area is 134 Å². The number of rotatable bonds is 4. The molecule has 0 aliphatic rings. The predicted molar refractivity (Wildman–Crippen MR) is 90.6 cm³/mol. The van der Waals surface area contributed by atoms with Gasteiger partial charge in [0.15, 0.2) is 0 Å². The lowest BCUT2D eigenvalue weighted by atomic mass is 9.95. The van der Waals surface area contributed by atoms with Crippen molar-refractivity contribution >= 4 is 27.5 Å². The minimum absolute atomic E-state index is 0.108. The van der Waals surface area contributed by atoms with Gasteiger partial charge in [-0.15, -0.1) is 0 Å². The Morgan fingerprint density at radius 1 is 1.00 bits per heavy atom. The van der Waals surface area contributed by atoms with E-state index in [1.54, 1.807) is 0 Å². The smallest absolute Gasteiger partial charge is 0.0589 e. The second-order valence-electron chi connectivity index (χ2n) is 5.21. The summed E-state index contributed by atoms with van der Waals surface area (Å²) in [6, 6.07) is 14.9. The molecule has 0 aliphatic carbocycles. The fourth-order valence-corrected chi connectivity index (χ4v) is 3.09. The molecule has 20 heavy (non-hydrogen) atoms. The fourth-order valence-electron chi connectivity index (χ4n) is 2.31. The van der Waals surface area contributed by atoms with Gasteiger partial charge in [-0.1, -0.05) is 71.7 Å². The van der Waals surface area contributed by atoms with Gasteiger partial charge in [0.25, 0.3) is 0 Å². The highest BCUT2D eigenvalue weighted by atomic mass is 79.9. The third kappa shape index (κ3) is 3.43. The second-order valence-corrected chi connectivity index (χ2v) is 6.53. The lowest BCUT2D eigenvalue weighted by molar-refractivity contribution is 0.691. The summed E-state index contributed by atoms with van der Waals surface area (Å²) in [7, 11) is 1.96. The zero-order chi connectivity index (χ0) is 14.7. The Bertz CT molecular complexity index is 578. The molecular formula is C17H19BrClN. The maximum absolute atomic E-state index is 6.36. The molecule has 3 heteroatoms. The van der Waals surface area contributed by atoms with Crippen molar-refractivity contribution in [3.63, 3.8) is 0 Å². The number of hydrogen-bond acceptors (Lipinski definition) is 1. The van der Waals surface area contributed by atoms with Gasteiger partial charge in [-0.25, -0.2) is 0 Å². The minimum atomic E-state index is 0.108. The van der Waals surface area contributed by atoms with Gasteiger partial charge in [0.2, 0.25) is 0 Å². The first-order chi connectivity index (χ1) is 9.52. The maximum atomic E-state index is 6.36. The van der Waals surface area contributed by atoms with Crippen LogP contribution in [0.25, 0.3) is 0 Å². The highest BCUT2D eigenvalue weighted by molar-refractivity contribution is 9.10. The van der Waals surface area contributed by atoms with Crippen molar-refractivity contribution in [2.24, 2.45) is 0 Å². The first-order valence-corrected chi connectivity index (χ1v) is 7.92. The molecule has 0 heterocycles. The molecule has 0 radical (unpaired) electrons. The second kappa shape index (κ2) is 6.75. The van der Waals surface area contributed by atoms with E-state index in [9.17, 15) is 0 Å². The Kier molecular flexibility index (Phi) is 5.25. The van der Waals surface area contributed by atoms with E-state index >= 15 is 0 Å². The van der Waals surface area contributed by atoms with Crippen LogP contribution in [0.3, 0.4) is 0 Å². The van der Waals surface area contributed by atoms with Gasteiger partial charge in [-0.3, -0.25) is 0 Å². The molecule has 0 saturated carbocycles. The summed E-state index contributed by atoms with van der Waals surface area (Å²) in [4.78, 5) is 0. The van der Waals surface area contributed by atoms with Crippen LogP contribution < -0.4 is 5.32 Å². The van der Waals surface area contributed by atoms with Crippen LogP contribution in [0.5, 0.6) is 0 Å². The van der Waals surface area contributed by atoms with E-state index in [0.29, 0.717) is 5.92 Å². The first-order valence-electron chi connectivity index (χ1n) is 6.75. The lowest BCUT2D eigenvalue weighted by Gasteiger charge is -2.19. The lowest BCUT2D eigenvalue weighted by Crippen LogP contribution is -2.18. The normalized spacial score (nSPS) is 12.7. The average Bonchev–Trinajstić information content (AvgIpc) is 2.42. The molecule has 2 rings (SSSR count). The van der Waals surface area contributed by atoms with Crippen LogP contribution in [0.1, 0.15) is 42.5 Å². The third-order valence-electron chi connectivity index (χ3n) is 3.50. The molecule has 0 aliphatic heterocycles. The van der Waals surface area contributed by atoms with Gasteiger partial charge in [-0.05, 0) is 41.8 Å². The van der Waals surface area contributed by atoms with E-state index < -0.39 is 0 Å². The van der Waals surface area contributed by atoms with Gasteiger partial charge in [-0.2, -0.15) is 0 Å². The summed E-state index contributed by atoms with van der Waals surface area (Å²) >= 11 is 9.81. The molecule has 1 atom stereocenters. The van der Waals surface area contributed by atoms with E-state index in [4.69, 9.17) is 11.6 Å². The number of hydrogen-bond donors (Lipinski definition) is 1. The zero-order valence-electron chi connectivity index (χ0n) is 12.0. The molecule has 1 N–H and O–H groups in total. The van der Waals surface area contributed by atoms with Gasteiger partial charge in [0, 0.05) is 9.50 Å². The highest BCUT2D eigenvalue weighted by Gasteiger charge is 2.15. The van der Waals surface area contributed by atoms with Gasteiger partial charge in [0.1, 0.15) is 0 Å². The van der Waals surface area contributed by atoms with Gasteiger partial charge < -0.3 is 5.32 Å². The molecule has 0 fully saturated rings. The van der Waals surface area contributed by atoms with E-state index in [-0.39, 0.29) is 6.04 Å². The molecule has 2 aromatic rings. The molecular weight excluding hydrogens is 334 g/mol. The van der Waals surface area contributed by atoms with Crippen LogP contribution in [0.15, 0.2) is 46.9 Å². The van der Waals surface area contributed by atoms with Crippen LogP contribution in [-0.2, 0) is 0 Å². The largest absolute Gasteiger partial charge is 0.309 e. The average molecular weight is 353 g/mol. The number of benzene rings is 2. The maximum Gasteiger partial charge on any atom is 0.0589 e. The Morgan fingerprint density at radius 2 is 1.60 bits per heavy atom. The molecule has 1 nitrogen and oxygen atoms in total. The van der Waals surface area contributed by atoms with E-state index in [2.05, 4.69) is 65.4 Å². The SMILES string of the molecule is CNC(c1ccc(C(C)C)cc1)c1ccc(Br)cc1Cl. The van der Waals surface area contributed by atoms with Crippen LogP contribution in [-0.4, -0.2) is 7.05 Å². The predicted octanol–water partition coefficient (Wildman–Crippen LogP) is 5.53. The summed E-state index contributed by atoms with van der Waals surface area (Å²) in [5.74, 6) is 0.549. The molecule has 2 aromatic carbocycles. The molecule has 0 saturated heterocycles. The summed E-state index contributed by atoms with van der Waals surface area (Å²) < 4.78 is 0.997. The monoisotopic (exact) mass is 351 g/mol. The third-order valence-corrected chi connectivity index (χ3v) is 4.32. The summed E-state index contributed by atoms with van der Waals surface area (Å²) in [6.45, 7) is 4.41. The van der Waals surface area contributed by atoms with E-state index in [1.807, 2.05) is 19.2 Å². The minimum Gasteiger partial charge on any atom is -0.309 e. The van der Waals surface area contributed by atoms with Crippen LogP contribution in [0.4, 0.5) is 0 Å². The quantitative estimate of drug-likeness (QED) is 0.762. The molecule has 106 valence electrons. The Morgan fingerprint density at radius 3 is 2.10 bits per heavy atom. The van der Waals surface area contributed by atoms with Crippen molar-refractivity contribution in [3.05, 3.63) is 68.7 Å². The number of nitrogens with one attached hydrogen (secondary N) is 1. The molecule has 0 amide bonds. The van der Waals surface area contributed by atoms with Gasteiger partial charge in [0.05, 0.1) is 6.04 Å². The first kappa shape index (κ1) is 15.6. The van der Waals surface area contributed by atoms with Crippen molar-refractivity contribution < 1.29 is 0 Å². The molecule has 0 bridgehead atoms. The van der Waals surface area contributed by atoms with Crippen LogP contribution in [0, 0.1) is 0 Å². The van der Waals surface area contributed by atoms with E-state index in [0.717, 1.165) is 15.1 Å². The van der Waals surface area contributed by atoms with Crippen molar-refractivity contribution in [1.29, 1.82) is 0 Å². The topological polar surface area (TPSA) is 12.0 Å². The van der Waals surface area contributed by atoms with Crippen LogP contribution in [0.2, 0.25) is 5.02 Å². The summed E-state index contributed by atoms with van der Waals surface area (Å²) in [6.07, 6.45) is 0. The fraction of sp³-hybridized carbons (Fsp3) is 0.294. The summed E-state index contributed by atoms with van der Waals surface area (Å²) in [5, 5.41) is 4.11. The standard InChI is InChI=1S/C17H19BrClN/c1-11(2)12-4-6-13(7-5-12)17(20-3)15-9-8-14(18)10-16(15)19/h4-11,17,20H,1-3H3. The molecule has 1 unspecified atom stereocenters. The Balaban J connectivity index is 2.36. The van der Waals surface area contributed by atoms with Crippen molar-refractivity contribution in [2.45, 2.75) is 25.8 Å². The zero-order valence-corrected chi connectivity index (χ0v) is 14.3. The van der Waals surface area contributed by atoms with Crippen molar-refractivity contribution in [3.8, 4) is 0 Å². The highest BCUT2D eigenvalue weighted by Crippen LogP contribution is 2.31. The van der Waals surface area contributed by atoms with Crippen LogP contribution >= 0.6 is 27.5 Å². The Hall–Kier alpha value is -0.830. The van der Waals surface area contributed by atoms with Crippen molar-refractivity contribution in [2.75, 3.05) is 7.05 Å². The molecule has 0 spiro atoms.